The molecule has 1 aliphatic rings. The van der Waals surface area contributed by atoms with Gasteiger partial charge in [0.25, 0.3) is 0 Å². The number of aryl methyl sites for hydroxylation is 1. The van der Waals surface area contributed by atoms with Crippen LogP contribution in [-0.2, 0) is 11.3 Å². The standard InChI is InChI=1S/C11H18N4O.2ClH/c1-10-9-14(8-5-12-10)11(16)3-7-15-6-2-4-13-15;;/h2,4,6,10,12H,3,5,7-9H2,1H3;2*1H/t10-;;/m1../s1. The quantitative estimate of drug-likeness (QED) is 0.903. The third kappa shape index (κ3) is 4.84. The van der Waals surface area contributed by atoms with Gasteiger partial charge < -0.3 is 10.2 Å². The van der Waals surface area contributed by atoms with Crippen molar-refractivity contribution in [1.29, 1.82) is 0 Å². The highest BCUT2D eigenvalue weighted by molar-refractivity contribution is 5.85. The number of carbonyl (C=O) groups is 1. The van der Waals surface area contributed by atoms with E-state index in [0.29, 0.717) is 19.0 Å². The lowest BCUT2D eigenvalue weighted by atomic mass is 10.2. The number of amides is 1. The highest BCUT2D eigenvalue weighted by Crippen LogP contribution is 2.02. The average Bonchev–Trinajstić information content (AvgIpc) is 2.78. The van der Waals surface area contributed by atoms with Crippen LogP contribution in [0.4, 0.5) is 0 Å². The van der Waals surface area contributed by atoms with E-state index >= 15 is 0 Å². The first-order valence-electron chi connectivity index (χ1n) is 5.74. The smallest absolute Gasteiger partial charge is 0.224 e. The van der Waals surface area contributed by atoms with Gasteiger partial charge in [0.05, 0.1) is 0 Å². The Labute approximate surface area is 120 Å². The molecular formula is C11H20Cl2N4O. The number of hydrogen-bond acceptors (Lipinski definition) is 3. The Balaban J connectivity index is 0.00000144. The number of carbonyl (C=O) groups excluding carboxylic acids is 1. The molecule has 0 bridgehead atoms. The zero-order valence-electron chi connectivity index (χ0n) is 10.4. The van der Waals surface area contributed by atoms with Gasteiger partial charge in [-0.1, -0.05) is 0 Å². The summed E-state index contributed by atoms with van der Waals surface area (Å²) in [5, 5.41) is 7.41. The summed E-state index contributed by atoms with van der Waals surface area (Å²) in [5.74, 6) is 0.226. The maximum atomic E-state index is 11.9. The highest BCUT2D eigenvalue weighted by atomic mass is 35.5. The molecular weight excluding hydrogens is 275 g/mol. The van der Waals surface area contributed by atoms with Gasteiger partial charge in [-0.2, -0.15) is 5.10 Å². The monoisotopic (exact) mass is 294 g/mol. The van der Waals surface area contributed by atoms with Gasteiger partial charge >= 0.3 is 0 Å². The van der Waals surface area contributed by atoms with E-state index in [4.69, 9.17) is 0 Å². The topological polar surface area (TPSA) is 50.2 Å². The number of rotatable bonds is 3. The number of hydrogen-bond donors (Lipinski definition) is 1. The minimum atomic E-state index is 0. The van der Waals surface area contributed by atoms with E-state index in [-0.39, 0.29) is 30.7 Å². The molecule has 1 aromatic rings. The highest BCUT2D eigenvalue weighted by Gasteiger charge is 2.19. The van der Waals surface area contributed by atoms with Crippen LogP contribution in [0, 0.1) is 0 Å². The Hall–Kier alpha value is -0.780. The van der Waals surface area contributed by atoms with Crippen LogP contribution in [0.1, 0.15) is 13.3 Å². The molecule has 2 heterocycles. The second kappa shape index (κ2) is 8.34. The predicted molar refractivity (Wildman–Crippen MR) is 75.4 cm³/mol. The molecule has 1 saturated heterocycles. The van der Waals surface area contributed by atoms with E-state index in [1.807, 2.05) is 17.2 Å². The largest absolute Gasteiger partial charge is 0.340 e. The van der Waals surface area contributed by atoms with Gasteiger partial charge in [0.2, 0.25) is 5.91 Å². The van der Waals surface area contributed by atoms with Crippen LogP contribution >= 0.6 is 24.8 Å². The fourth-order valence-electron chi connectivity index (χ4n) is 1.96. The molecule has 1 aliphatic heterocycles. The van der Waals surface area contributed by atoms with Crippen molar-refractivity contribution in [2.45, 2.75) is 25.9 Å². The SMILES string of the molecule is C[C@@H]1CN(C(=O)CCn2cccn2)CCN1.Cl.Cl. The number of halogens is 2. The van der Waals surface area contributed by atoms with Crippen molar-refractivity contribution in [2.24, 2.45) is 0 Å². The molecule has 2 rings (SSSR count). The average molecular weight is 295 g/mol. The van der Waals surface area contributed by atoms with Crippen LogP contribution in [0.2, 0.25) is 0 Å². The van der Waals surface area contributed by atoms with E-state index in [1.165, 1.54) is 0 Å². The first-order chi connectivity index (χ1) is 7.75. The van der Waals surface area contributed by atoms with Gasteiger partial charge in [0, 0.05) is 51.0 Å². The minimum Gasteiger partial charge on any atom is -0.340 e. The predicted octanol–water partition coefficient (Wildman–Crippen LogP) is 0.937. The van der Waals surface area contributed by atoms with Crippen molar-refractivity contribution in [3.63, 3.8) is 0 Å². The van der Waals surface area contributed by atoms with Gasteiger partial charge in [-0.25, -0.2) is 0 Å². The van der Waals surface area contributed by atoms with Crippen molar-refractivity contribution in [3.05, 3.63) is 18.5 Å². The molecule has 18 heavy (non-hydrogen) atoms. The number of nitrogens with one attached hydrogen (secondary N) is 1. The molecule has 0 aromatic carbocycles. The first-order valence-corrected chi connectivity index (χ1v) is 5.74. The number of nitrogens with zero attached hydrogens (tertiary/aromatic N) is 3. The lowest BCUT2D eigenvalue weighted by Crippen LogP contribution is -2.51. The lowest BCUT2D eigenvalue weighted by Gasteiger charge is -2.31. The van der Waals surface area contributed by atoms with Gasteiger partial charge in [-0.15, -0.1) is 24.8 Å². The summed E-state index contributed by atoms with van der Waals surface area (Å²) >= 11 is 0. The van der Waals surface area contributed by atoms with Crippen molar-refractivity contribution in [1.82, 2.24) is 20.0 Å². The fourth-order valence-corrected chi connectivity index (χ4v) is 1.96. The molecule has 1 N–H and O–H groups in total. The maximum Gasteiger partial charge on any atom is 0.224 e. The van der Waals surface area contributed by atoms with Crippen molar-refractivity contribution >= 4 is 30.7 Å². The maximum absolute atomic E-state index is 11.9. The molecule has 0 saturated carbocycles. The lowest BCUT2D eigenvalue weighted by molar-refractivity contribution is -0.132. The molecule has 0 radical (unpaired) electrons. The summed E-state index contributed by atoms with van der Waals surface area (Å²) in [7, 11) is 0. The van der Waals surface area contributed by atoms with Gasteiger partial charge in [0.15, 0.2) is 0 Å². The Bertz CT molecular complexity index is 345. The Morgan fingerprint density at radius 2 is 2.28 bits per heavy atom. The summed E-state index contributed by atoms with van der Waals surface area (Å²) < 4.78 is 1.80. The number of aromatic nitrogens is 2. The Kier molecular flexibility index (Phi) is 7.98. The normalized spacial score (nSPS) is 18.7. The Morgan fingerprint density at radius 1 is 1.50 bits per heavy atom. The molecule has 0 aliphatic carbocycles. The summed E-state index contributed by atoms with van der Waals surface area (Å²) in [4.78, 5) is 13.8. The van der Waals surface area contributed by atoms with E-state index < -0.39 is 0 Å². The molecule has 1 atom stereocenters. The summed E-state index contributed by atoms with van der Waals surface area (Å²) in [6.07, 6.45) is 4.15. The van der Waals surface area contributed by atoms with Crippen molar-refractivity contribution in [2.75, 3.05) is 19.6 Å². The zero-order valence-corrected chi connectivity index (χ0v) is 12.0. The zero-order chi connectivity index (χ0) is 11.4. The molecule has 1 fully saturated rings. The third-order valence-electron chi connectivity index (χ3n) is 2.84. The van der Waals surface area contributed by atoms with Gasteiger partial charge in [0.1, 0.15) is 0 Å². The van der Waals surface area contributed by atoms with Crippen LogP contribution in [0.25, 0.3) is 0 Å². The second-order valence-electron chi connectivity index (χ2n) is 4.21. The minimum absolute atomic E-state index is 0. The second-order valence-corrected chi connectivity index (χ2v) is 4.21. The first kappa shape index (κ1) is 17.2. The summed E-state index contributed by atoms with van der Waals surface area (Å²) in [5.41, 5.74) is 0. The van der Waals surface area contributed by atoms with Crippen LogP contribution in [0.3, 0.4) is 0 Å². The molecule has 5 nitrogen and oxygen atoms in total. The van der Waals surface area contributed by atoms with Crippen LogP contribution in [0.5, 0.6) is 0 Å². The Morgan fingerprint density at radius 3 is 2.89 bits per heavy atom. The van der Waals surface area contributed by atoms with E-state index in [1.54, 1.807) is 10.9 Å². The van der Waals surface area contributed by atoms with E-state index in [9.17, 15) is 4.79 Å². The van der Waals surface area contributed by atoms with Crippen molar-refractivity contribution < 1.29 is 4.79 Å². The fraction of sp³-hybridized carbons (Fsp3) is 0.636. The van der Waals surface area contributed by atoms with Crippen LogP contribution < -0.4 is 5.32 Å². The van der Waals surface area contributed by atoms with Gasteiger partial charge in [-0.05, 0) is 13.0 Å². The van der Waals surface area contributed by atoms with E-state index in [2.05, 4.69) is 17.3 Å². The molecule has 0 unspecified atom stereocenters. The molecule has 1 amide bonds. The van der Waals surface area contributed by atoms with E-state index in [0.717, 1.165) is 19.6 Å². The van der Waals surface area contributed by atoms with Crippen molar-refractivity contribution in [3.8, 4) is 0 Å². The van der Waals surface area contributed by atoms with Gasteiger partial charge in [-0.3, -0.25) is 9.48 Å². The summed E-state index contributed by atoms with van der Waals surface area (Å²) in [6, 6.07) is 2.28. The third-order valence-corrected chi connectivity index (χ3v) is 2.84. The van der Waals surface area contributed by atoms with Crippen LogP contribution in [0.15, 0.2) is 18.5 Å². The molecule has 104 valence electrons. The molecule has 1 aromatic heterocycles. The number of piperazine rings is 1. The molecule has 7 heteroatoms. The molecule has 0 spiro atoms. The van der Waals surface area contributed by atoms with Crippen LogP contribution in [-0.4, -0.2) is 46.3 Å². The summed E-state index contributed by atoms with van der Waals surface area (Å²) in [6.45, 7) is 5.31.